The average Bonchev–Trinajstić information content (AvgIpc) is 3.22. The Morgan fingerprint density at radius 3 is 2.57 bits per heavy atom. The second-order valence-corrected chi connectivity index (χ2v) is 11.5. The Labute approximate surface area is 212 Å². The molecule has 2 aliphatic heterocycles. The number of Topliss-reactive ketones (excluding diaryl/α,β-unsaturated/α-hetero) is 1. The molecule has 1 amide bonds. The molecule has 2 fully saturated rings. The van der Waals surface area contributed by atoms with Gasteiger partial charge in [0.25, 0.3) is 0 Å². The number of epoxide rings is 1. The monoisotopic (exact) mass is 510 g/mol. The third-order valence-corrected chi connectivity index (χ3v) is 8.14. The molecule has 7 atom stereocenters. The Balaban J connectivity index is 1.85. The van der Waals surface area contributed by atoms with Gasteiger partial charge < -0.3 is 24.7 Å². The summed E-state index contributed by atoms with van der Waals surface area (Å²) in [5.74, 6) is -0.943. The Hall–Kier alpha value is -1.74. The second kappa shape index (κ2) is 10.7. The van der Waals surface area contributed by atoms with Crippen LogP contribution in [0.5, 0.6) is 0 Å². The van der Waals surface area contributed by atoms with Gasteiger partial charge in [-0.1, -0.05) is 45.7 Å². The van der Waals surface area contributed by atoms with E-state index >= 15 is 0 Å². The van der Waals surface area contributed by atoms with Crippen LogP contribution in [0.25, 0.3) is 6.08 Å². The number of ketones is 1. The minimum atomic E-state index is -1.23. The van der Waals surface area contributed by atoms with Gasteiger partial charge >= 0.3 is 0 Å². The highest BCUT2D eigenvalue weighted by molar-refractivity contribution is 6.32. The quantitative estimate of drug-likeness (QED) is 0.517. The smallest absolute Gasteiger partial charge is 0.223 e. The first-order valence-corrected chi connectivity index (χ1v) is 12.8. The summed E-state index contributed by atoms with van der Waals surface area (Å²) in [4.78, 5) is 30.4. The standard InChI is InChI=1S/C26H39ClN2O6/c1-14-8-7-9-26(6)21(35-26)11-19(18(27)10-17-13-34-16(3)28-17)29-22(31)12-20(30)25(4,5)24(33)15(2)23(14)32/h10,13-15,19-21,23,30,32H,7-9,11-12H2,1-6H3,(H,29,31)/t14-,15+,19?,20-,21-,23-,26?/m0/s1. The van der Waals surface area contributed by atoms with E-state index in [0.717, 1.165) is 19.3 Å². The van der Waals surface area contributed by atoms with Crippen LogP contribution < -0.4 is 5.32 Å². The van der Waals surface area contributed by atoms with Crippen LogP contribution in [0.4, 0.5) is 0 Å². The number of nitrogens with zero attached hydrogens (tertiary/aromatic N) is 1. The minimum absolute atomic E-state index is 0.0880. The first-order chi connectivity index (χ1) is 16.2. The minimum Gasteiger partial charge on any atom is -0.449 e. The lowest BCUT2D eigenvalue weighted by molar-refractivity contribution is -0.143. The molecule has 2 aliphatic rings. The van der Waals surface area contributed by atoms with Gasteiger partial charge in [0.15, 0.2) is 5.89 Å². The molecule has 3 N–H and O–H groups in total. The normalized spacial score (nSPS) is 37.5. The molecule has 3 rings (SSSR count). The number of aliphatic hydroxyl groups excluding tert-OH is 2. The number of fused-ring (bicyclic) bond motifs is 1. The molecule has 0 saturated carbocycles. The molecule has 196 valence electrons. The van der Waals surface area contributed by atoms with Crippen molar-refractivity contribution < 1.29 is 29.0 Å². The van der Waals surface area contributed by atoms with E-state index in [1.807, 2.05) is 13.8 Å². The van der Waals surface area contributed by atoms with Crippen molar-refractivity contribution in [3.63, 3.8) is 0 Å². The fourth-order valence-electron chi connectivity index (χ4n) is 4.98. The number of halogens is 1. The van der Waals surface area contributed by atoms with Crippen molar-refractivity contribution in [2.24, 2.45) is 17.3 Å². The maximum Gasteiger partial charge on any atom is 0.223 e. The number of rotatable bonds is 2. The van der Waals surface area contributed by atoms with Crippen molar-refractivity contribution in [3.05, 3.63) is 22.9 Å². The molecule has 1 aromatic heterocycles. The lowest BCUT2D eigenvalue weighted by Crippen LogP contribution is -2.47. The lowest BCUT2D eigenvalue weighted by Gasteiger charge is -2.34. The van der Waals surface area contributed by atoms with Crippen LogP contribution in [-0.4, -0.2) is 56.8 Å². The molecule has 2 unspecified atom stereocenters. The molecule has 35 heavy (non-hydrogen) atoms. The number of nitrogens with one attached hydrogen (secondary N) is 1. The number of hydrogen-bond acceptors (Lipinski definition) is 7. The van der Waals surface area contributed by atoms with Crippen molar-refractivity contribution in [1.29, 1.82) is 0 Å². The van der Waals surface area contributed by atoms with E-state index in [-0.39, 0.29) is 29.8 Å². The molecule has 3 heterocycles. The first kappa shape index (κ1) is 27.8. The van der Waals surface area contributed by atoms with Crippen LogP contribution in [-0.2, 0) is 14.3 Å². The van der Waals surface area contributed by atoms with Crippen LogP contribution in [0.2, 0.25) is 0 Å². The zero-order valence-electron chi connectivity index (χ0n) is 21.5. The maximum absolute atomic E-state index is 13.2. The van der Waals surface area contributed by atoms with Gasteiger partial charge in [0.1, 0.15) is 17.7 Å². The fraction of sp³-hybridized carbons (Fsp3) is 0.731. The topological polar surface area (TPSA) is 125 Å². The number of oxazole rings is 1. The predicted molar refractivity (Wildman–Crippen MR) is 132 cm³/mol. The lowest BCUT2D eigenvalue weighted by atomic mass is 9.72. The first-order valence-electron chi connectivity index (χ1n) is 12.4. The zero-order chi connectivity index (χ0) is 26.1. The highest BCUT2D eigenvalue weighted by Gasteiger charge is 2.52. The Morgan fingerprint density at radius 2 is 1.94 bits per heavy atom. The van der Waals surface area contributed by atoms with Crippen molar-refractivity contribution in [3.8, 4) is 0 Å². The van der Waals surface area contributed by atoms with Gasteiger partial charge in [0.2, 0.25) is 5.91 Å². The largest absolute Gasteiger partial charge is 0.449 e. The third kappa shape index (κ3) is 6.53. The van der Waals surface area contributed by atoms with Crippen molar-refractivity contribution in [1.82, 2.24) is 10.3 Å². The molecule has 2 saturated heterocycles. The van der Waals surface area contributed by atoms with Gasteiger partial charge in [-0.15, -0.1) is 0 Å². The van der Waals surface area contributed by atoms with Crippen LogP contribution in [0, 0.1) is 24.2 Å². The second-order valence-electron chi connectivity index (χ2n) is 11.1. The van der Waals surface area contributed by atoms with E-state index in [1.54, 1.807) is 33.8 Å². The van der Waals surface area contributed by atoms with Gasteiger partial charge in [0.05, 0.1) is 41.8 Å². The number of aryl methyl sites for hydroxylation is 1. The van der Waals surface area contributed by atoms with Crippen molar-refractivity contribution in [2.75, 3.05) is 0 Å². The third-order valence-electron chi connectivity index (χ3n) is 7.76. The summed E-state index contributed by atoms with van der Waals surface area (Å²) in [6.45, 7) is 10.6. The zero-order valence-corrected chi connectivity index (χ0v) is 22.3. The number of carbonyl (C=O) groups excluding carboxylic acids is 2. The van der Waals surface area contributed by atoms with E-state index < -0.39 is 35.5 Å². The van der Waals surface area contributed by atoms with Crippen molar-refractivity contribution in [2.45, 2.75) is 104 Å². The van der Waals surface area contributed by atoms with Crippen LogP contribution >= 0.6 is 11.6 Å². The number of amides is 1. The number of hydrogen-bond donors (Lipinski definition) is 3. The van der Waals surface area contributed by atoms with Gasteiger partial charge in [-0.25, -0.2) is 4.98 Å². The number of carbonyl (C=O) groups is 2. The molecule has 0 bridgehead atoms. The summed E-state index contributed by atoms with van der Waals surface area (Å²) >= 11 is 6.63. The molecule has 1 aromatic rings. The van der Waals surface area contributed by atoms with E-state index in [2.05, 4.69) is 10.3 Å². The van der Waals surface area contributed by atoms with Gasteiger partial charge in [-0.05, 0) is 31.8 Å². The summed E-state index contributed by atoms with van der Waals surface area (Å²) in [5.41, 5.74) is -1.00. The average molecular weight is 511 g/mol. The number of aromatic nitrogens is 1. The van der Waals surface area contributed by atoms with E-state index in [9.17, 15) is 19.8 Å². The summed E-state index contributed by atoms with van der Waals surface area (Å²) in [6.07, 6.45) is 3.56. The van der Waals surface area contributed by atoms with Crippen molar-refractivity contribution >= 4 is 29.4 Å². The highest BCUT2D eigenvalue weighted by Crippen LogP contribution is 2.44. The summed E-state index contributed by atoms with van der Waals surface area (Å²) in [6, 6.07) is -0.549. The molecule has 0 radical (unpaired) electrons. The Kier molecular flexibility index (Phi) is 8.52. The van der Waals surface area contributed by atoms with Gasteiger partial charge in [-0.3, -0.25) is 9.59 Å². The molecule has 0 aliphatic carbocycles. The van der Waals surface area contributed by atoms with Crippen LogP contribution in [0.3, 0.4) is 0 Å². The van der Waals surface area contributed by atoms with Gasteiger partial charge in [-0.2, -0.15) is 0 Å². The molecule has 8 nitrogen and oxygen atoms in total. The molecule has 9 heteroatoms. The highest BCUT2D eigenvalue weighted by atomic mass is 35.5. The van der Waals surface area contributed by atoms with E-state index in [0.29, 0.717) is 23.0 Å². The molecule has 0 aromatic carbocycles. The number of aliphatic hydroxyl groups is 2. The van der Waals surface area contributed by atoms with Gasteiger partial charge in [0, 0.05) is 24.3 Å². The SMILES string of the molecule is Cc1nc(C=C(Cl)C2C[C@@H]3OC3(C)CCC[C@H](C)[C@H](O)[C@@H](C)C(=O)C(C)(C)[C@@H](O)CC(=O)N2)co1. The Morgan fingerprint density at radius 1 is 1.26 bits per heavy atom. The number of ether oxygens (including phenoxy) is 1. The van der Waals surface area contributed by atoms with Crippen LogP contribution in [0.1, 0.15) is 78.3 Å². The Bertz CT molecular complexity index is 959. The molecular formula is C26H39ClN2O6. The fourth-order valence-corrected chi connectivity index (χ4v) is 5.24. The van der Waals surface area contributed by atoms with E-state index in [1.165, 1.54) is 6.26 Å². The predicted octanol–water partition coefficient (Wildman–Crippen LogP) is 3.76. The summed E-state index contributed by atoms with van der Waals surface area (Å²) < 4.78 is 11.3. The molecular weight excluding hydrogens is 472 g/mol. The molecule has 0 spiro atoms. The summed E-state index contributed by atoms with van der Waals surface area (Å²) in [7, 11) is 0. The maximum atomic E-state index is 13.2. The van der Waals surface area contributed by atoms with Crippen LogP contribution in [0.15, 0.2) is 15.7 Å². The van der Waals surface area contributed by atoms with E-state index in [4.69, 9.17) is 20.8 Å². The summed E-state index contributed by atoms with van der Waals surface area (Å²) in [5, 5.41) is 25.0.